The normalized spacial score (nSPS) is 10.5. The van der Waals surface area contributed by atoms with Gasteiger partial charge >= 0.3 is 5.97 Å². The van der Waals surface area contributed by atoms with E-state index in [1.54, 1.807) is 49.6 Å². The van der Waals surface area contributed by atoms with Crippen molar-refractivity contribution >= 4 is 17.8 Å². The zero-order valence-corrected chi connectivity index (χ0v) is 11.4. The number of allylic oxidation sites excluding steroid dienone is 1. The van der Waals surface area contributed by atoms with Crippen LogP contribution < -0.4 is 4.74 Å². The number of carbonyl (C=O) groups is 2. The number of hydrogen-bond acceptors (Lipinski definition) is 3. The van der Waals surface area contributed by atoms with E-state index in [0.29, 0.717) is 16.9 Å². The fourth-order valence-corrected chi connectivity index (χ4v) is 1.80. The van der Waals surface area contributed by atoms with Crippen LogP contribution in [0.4, 0.5) is 0 Å². The number of carboxylic acids is 1. The predicted molar refractivity (Wildman–Crippen MR) is 79.8 cm³/mol. The summed E-state index contributed by atoms with van der Waals surface area (Å²) < 4.78 is 5.03. The average molecular weight is 282 g/mol. The highest BCUT2D eigenvalue weighted by molar-refractivity contribution is 6.06. The van der Waals surface area contributed by atoms with Gasteiger partial charge in [-0.05, 0) is 48.0 Å². The molecule has 0 heterocycles. The predicted octanol–water partition coefficient (Wildman–Crippen LogP) is 3.29. The minimum Gasteiger partial charge on any atom is -0.497 e. The van der Waals surface area contributed by atoms with E-state index in [1.807, 2.05) is 0 Å². The van der Waals surface area contributed by atoms with Crippen LogP contribution in [0.1, 0.15) is 26.3 Å². The molecule has 0 aromatic heterocycles. The van der Waals surface area contributed by atoms with E-state index in [0.717, 1.165) is 0 Å². The molecule has 0 radical (unpaired) electrons. The minimum atomic E-state index is -0.994. The van der Waals surface area contributed by atoms with Crippen molar-refractivity contribution in [3.8, 4) is 5.75 Å². The van der Waals surface area contributed by atoms with Crippen molar-refractivity contribution in [3.63, 3.8) is 0 Å². The molecule has 0 saturated heterocycles. The number of ether oxygens (including phenoxy) is 1. The Morgan fingerprint density at radius 3 is 2.38 bits per heavy atom. The zero-order chi connectivity index (χ0) is 15.2. The number of rotatable bonds is 5. The van der Waals surface area contributed by atoms with Gasteiger partial charge in [0.1, 0.15) is 5.75 Å². The molecular formula is C17H14O4. The summed E-state index contributed by atoms with van der Waals surface area (Å²) in [5.74, 6) is -0.463. The molecular weight excluding hydrogens is 268 g/mol. The summed E-state index contributed by atoms with van der Waals surface area (Å²) in [7, 11) is 1.56. The first kappa shape index (κ1) is 14.5. The van der Waals surface area contributed by atoms with Crippen molar-refractivity contribution in [2.75, 3.05) is 7.11 Å². The number of benzene rings is 2. The Labute approximate surface area is 122 Å². The molecule has 0 fully saturated rings. The molecule has 106 valence electrons. The van der Waals surface area contributed by atoms with Gasteiger partial charge in [0.25, 0.3) is 0 Å². The van der Waals surface area contributed by atoms with E-state index in [2.05, 4.69) is 0 Å². The largest absolute Gasteiger partial charge is 0.497 e. The van der Waals surface area contributed by atoms with Crippen LogP contribution in [-0.2, 0) is 0 Å². The molecule has 2 aromatic carbocycles. The fraction of sp³-hybridized carbons (Fsp3) is 0.0588. The summed E-state index contributed by atoms with van der Waals surface area (Å²) in [6, 6.07) is 13.2. The van der Waals surface area contributed by atoms with Crippen molar-refractivity contribution in [1.29, 1.82) is 0 Å². The Balaban J connectivity index is 2.14. The summed E-state index contributed by atoms with van der Waals surface area (Å²) >= 11 is 0. The lowest BCUT2D eigenvalue weighted by molar-refractivity contribution is 0.0696. The Kier molecular flexibility index (Phi) is 4.51. The molecule has 0 amide bonds. The third kappa shape index (κ3) is 3.79. The van der Waals surface area contributed by atoms with Crippen molar-refractivity contribution in [1.82, 2.24) is 0 Å². The second-order valence-electron chi connectivity index (χ2n) is 4.36. The smallest absolute Gasteiger partial charge is 0.335 e. The summed E-state index contributed by atoms with van der Waals surface area (Å²) in [4.78, 5) is 22.9. The molecule has 2 rings (SSSR count). The number of hydrogen-bond donors (Lipinski definition) is 1. The fourth-order valence-electron chi connectivity index (χ4n) is 1.80. The lowest BCUT2D eigenvalue weighted by atomic mass is 10.1. The quantitative estimate of drug-likeness (QED) is 0.675. The summed E-state index contributed by atoms with van der Waals surface area (Å²) in [5, 5.41) is 8.91. The SMILES string of the molecule is COc1ccc(C(=O)/C=C/c2cccc(C(=O)O)c2)cc1. The molecule has 4 nitrogen and oxygen atoms in total. The van der Waals surface area contributed by atoms with Gasteiger partial charge in [0.15, 0.2) is 5.78 Å². The van der Waals surface area contributed by atoms with E-state index in [9.17, 15) is 9.59 Å². The Bertz CT molecular complexity index is 684. The average Bonchev–Trinajstić information content (AvgIpc) is 2.53. The standard InChI is InChI=1S/C17H14O4/c1-21-15-8-6-13(7-9-15)16(18)10-5-12-3-2-4-14(11-12)17(19)20/h2-11H,1H3,(H,19,20)/b10-5+. The highest BCUT2D eigenvalue weighted by atomic mass is 16.5. The lowest BCUT2D eigenvalue weighted by Gasteiger charge is -2.00. The van der Waals surface area contributed by atoms with Crippen molar-refractivity contribution < 1.29 is 19.4 Å². The van der Waals surface area contributed by atoms with Crippen LogP contribution in [-0.4, -0.2) is 24.0 Å². The molecule has 1 N–H and O–H groups in total. The van der Waals surface area contributed by atoms with E-state index < -0.39 is 5.97 Å². The van der Waals surface area contributed by atoms with Gasteiger partial charge in [-0.15, -0.1) is 0 Å². The van der Waals surface area contributed by atoms with Crippen LogP contribution in [0.25, 0.3) is 6.08 Å². The van der Waals surface area contributed by atoms with Crippen LogP contribution in [0, 0.1) is 0 Å². The maximum absolute atomic E-state index is 12.0. The highest BCUT2D eigenvalue weighted by Gasteiger charge is 2.03. The Morgan fingerprint density at radius 1 is 1.05 bits per heavy atom. The molecule has 0 saturated carbocycles. The van der Waals surface area contributed by atoms with Gasteiger partial charge < -0.3 is 9.84 Å². The van der Waals surface area contributed by atoms with Crippen LogP contribution in [0.5, 0.6) is 5.75 Å². The Hall–Kier alpha value is -2.88. The van der Waals surface area contributed by atoms with Gasteiger partial charge in [-0.1, -0.05) is 18.2 Å². The molecule has 0 aliphatic carbocycles. The summed E-state index contributed by atoms with van der Waals surface area (Å²) in [6.07, 6.45) is 3.02. The molecule has 21 heavy (non-hydrogen) atoms. The summed E-state index contributed by atoms with van der Waals surface area (Å²) in [5.41, 5.74) is 1.40. The van der Waals surface area contributed by atoms with Gasteiger partial charge in [-0.25, -0.2) is 4.79 Å². The van der Waals surface area contributed by atoms with Crippen molar-refractivity contribution in [2.45, 2.75) is 0 Å². The number of carbonyl (C=O) groups excluding carboxylic acids is 1. The molecule has 0 atom stereocenters. The molecule has 2 aromatic rings. The van der Waals surface area contributed by atoms with E-state index in [1.165, 1.54) is 18.2 Å². The van der Waals surface area contributed by atoms with Gasteiger partial charge in [0.2, 0.25) is 0 Å². The third-order valence-corrected chi connectivity index (χ3v) is 2.94. The monoisotopic (exact) mass is 282 g/mol. The van der Waals surface area contributed by atoms with Gasteiger partial charge in [-0.3, -0.25) is 4.79 Å². The van der Waals surface area contributed by atoms with Crippen LogP contribution >= 0.6 is 0 Å². The Morgan fingerprint density at radius 2 is 1.76 bits per heavy atom. The van der Waals surface area contributed by atoms with Crippen molar-refractivity contribution in [3.05, 3.63) is 71.3 Å². The third-order valence-electron chi connectivity index (χ3n) is 2.94. The van der Waals surface area contributed by atoms with E-state index >= 15 is 0 Å². The number of carboxylic acid groups (broad SMARTS) is 1. The van der Waals surface area contributed by atoms with Crippen molar-refractivity contribution in [2.24, 2.45) is 0 Å². The van der Waals surface area contributed by atoms with Gasteiger partial charge in [-0.2, -0.15) is 0 Å². The molecule has 0 aliphatic heterocycles. The molecule has 0 spiro atoms. The van der Waals surface area contributed by atoms with Crippen LogP contribution in [0.3, 0.4) is 0 Å². The zero-order valence-electron chi connectivity index (χ0n) is 11.4. The van der Waals surface area contributed by atoms with E-state index in [-0.39, 0.29) is 11.3 Å². The second kappa shape index (κ2) is 6.52. The van der Waals surface area contributed by atoms with Crippen LogP contribution in [0.15, 0.2) is 54.6 Å². The number of ketones is 1. The first-order valence-corrected chi connectivity index (χ1v) is 6.30. The molecule has 4 heteroatoms. The molecule has 0 bridgehead atoms. The summed E-state index contributed by atoms with van der Waals surface area (Å²) in [6.45, 7) is 0. The second-order valence-corrected chi connectivity index (χ2v) is 4.36. The maximum Gasteiger partial charge on any atom is 0.335 e. The number of aromatic carboxylic acids is 1. The molecule has 0 unspecified atom stereocenters. The highest BCUT2D eigenvalue weighted by Crippen LogP contribution is 2.13. The topological polar surface area (TPSA) is 63.6 Å². The first-order chi connectivity index (χ1) is 10.1. The van der Waals surface area contributed by atoms with Gasteiger partial charge in [0.05, 0.1) is 12.7 Å². The first-order valence-electron chi connectivity index (χ1n) is 6.30. The number of methoxy groups -OCH3 is 1. The maximum atomic E-state index is 12.0. The molecule has 0 aliphatic rings. The van der Waals surface area contributed by atoms with E-state index in [4.69, 9.17) is 9.84 Å². The minimum absolute atomic E-state index is 0.154. The van der Waals surface area contributed by atoms with Crippen LogP contribution in [0.2, 0.25) is 0 Å². The van der Waals surface area contributed by atoms with Gasteiger partial charge in [0, 0.05) is 5.56 Å². The lowest BCUT2D eigenvalue weighted by Crippen LogP contribution is -1.96.